The van der Waals surface area contributed by atoms with E-state index in [1.807, 2.05) is 0 Å². The van der Waals surface area contributed by atoms with Gasteiger partial charge in [-0.3, -0.25) is 4.57 Å². The Kier molecular flexibility index (Phi) is 4.77. The van der Waals surface area contributed by atoms with Gasteiger partial charge in [0.05, 0.1) is 31.4 Å². The Morgan fingerprint density at radius 1 is 0.952 bits per heavy atom. The van der Waals surface area contributed by atoms with Gasteiger partial charge in [-0.15, -0.1) is 0 Å². The molecule has 0 N–H and O–H groups in total. The smallest absolute Gasteiger partial charge is 0.334 e. The first kappa shape index (κ1) is 15.7. The van der Waals surface area contributed by atoms with Crippen LogP contribution in [0.1, 0.15) is 5.56 Å². The van der Waals surface area contributed by atoms with Crippen molar-refractivity contribution in [3.63, 3.8) is 0 Å². The van der Waals surface area contributed by atoms with Gasteiger partial charge in [-0.25, -0.2) is 9.97 Å². The van der Waals surface area contributed by atoms with E-state index in [0.29, 0.717) is 22.8 Å². The first-order valence-corrected chi connectivity index (χ1v) is 7.87. The molecule has 0 bridgehead atoms. The summed E-state index contributed by atoms with van der Waals surface area (Å²) >= 11 is 0. The number of aromatic nitrogens is 2. The molecule has 0 aliphatic heterocycles. The zero-order valence-corrected chi connectivity index (χ0v) is 13.2. The molecule has 0 radical (unpaired) electrons. The highest BCUT2D eigenvalue weighted by molar-refractivity contribution is 7.52. The number of rotatable bonds is 6. The van der Waals surface area contributed by atoms with Gasteiger partial charge in [0.25, 0.3) is 11.8 Å². The molecular weight excluding hydrogens is 295 g/mol. The SMILES string of the molecule is COc1nc2ccc(CP(=O)(OC)OC)cc2nc1OC. The van der Waals surface area contributed by atoms with E-state index >= 15 is 0 Å². The molecule has 0 atom stereocenters. The minimum Gasteiger partial charge on any atom is -0.477 e. The van der Waals surface area contributed by atoms with Gasteiger partial charge in [-0.05, 0) is 17.7 Å². The summed E-state index contributed by atoms with van der Waals surface area (Å²) in [6, 6.07) is 5.35. The van der Waals surface area contributed by atoms with E-state index < -0.39 is 7.60 Å². The molecule has 114 valence electrons. The molecule has 0 unspecified atom stereocenters. The van der Waals surface area contributed by atoms with Crippen LogP contribution in [0.3, 0.4) is 0 Å². The standard InChI is InChI=1S/C13H17N2O5P/c1-17-12-13(18-2)15-11-7-9(5-6-10(11)14-12)8-21(16,19-3)20-4/h5-7H,8H2,1-4H3. The number of ether oxygens (including phenoxy) is 2. The number of fused-ring (bicyclic) bond motifs is 1. The molecule has 0 aliphatic carbocycles. The second-order valence-corrected chi connectivity index (χ2v) is 6.47. The molecule has 21 heavy (non-hydrogen) atoms. The summed E-state index contributed by atoms with van der Waals surface area (Å²) in [6.45, 7) is 0. The maximum absolute atomic E-state index is 12.2. The number of hydrogen-bond donors (Lipinski definition) is 0. The molecule has 2 rings (SSSR count). The van der Waals surface area contributed by atoms with E-state index in [4.69, 9.17) is 18.5 Å². The van der Waals surface area contributed by atoms with Gasteiger partial charge in [0.1, 0.15) is 0 Å². The second kappa shape index (κ2) is 6.39. The van der Waals surface area contributed by atoms with E-state index in [-0.39, 0.29) is 6.16 Å². The van der Waals surface area contributed by atoms with Crippen LogP contribution in [0.2, 0.25) is 0 Å². The van der Waals surface area contributed by atoms with Gasteiger partial charge in [0, 0.05) is 14.2 Å². The third-order valence-electron chi connectivity index (χ3n) is 2.99. The molecule has 0 saturated carbocycles. The fourth-order valence-electron chi connectivity index (χ4n) is 1.86. The monoisotopic (exact) mass is 312 g/mol. The third-order valence-corrected chi connectivity index (χ3v) is 4.85. The number of nitrogens with zero attached hydrogens (tertiary/aromatic N) is 2. The predicted octanol–water partition coefficient (Wildman–Crippen LogP) is 2.63. The van der Waals surface area contributed by atoms with Gasteiger partial charge in [0.2, 0.25) is 0 Å². The summed E-state index contributed by atoms with van der Waals surface area (Å²) in [7, 11) is 2.59. The molecule has 0 spiro atoms. The number of methoxy groups -OCH3 is 2. The maximum atomic E-state index is 12.2. The molecule has 0 fully saturated rings. The van der Waals surface area contributed by atoms with Gasteiger partial charge < -0.3 is 18.5 Å². The van der Waals surface area contributed by atoms with Crippen LogP contribution in [-0.2, 0) is 19.8 Å². The zero-order chi connectivity index (χ0) is 15.5. The normalized spacial score (nSPS) is 11.6. The largest absolute Gasteiger partial charge is 0.477 e. The number of benzene rings is 1. The van der Waals surface area contributed by atoms with Crippen LogP contribution in [0.25, 0.3) is 11.0 Å². The van der Waals surface area contributed by atoms with Crippen LogP contribution in [-0.4, -0.2) is 38.4 Å². The van der Waals surface area contributed by atoms with Crippen LogP contribution in [0.4, 0.5) is 0 Å². The molecule has 8 heteroatoms. The van der Waals surface area contributed by atoms with Crippen LogP contribution < -0.4 is 9.47 Å². The fourth-order valence-corrected chi connectivity index (χ4v) is 2.91. The Balaban J connectivity index is 2.44. The third kappa shape index (κ3) is 3.32. The summed E-state index contributed by atoms with van der Waals surface area (Å²) in [5.41, 5.74) is 2.04. The lowest BCUT2D eigenvalue weighted by Gasteiger charge is -2.14. The van der Waals surface area contributed by atoms with Crippen molar-refractivity contribution in [2.45, 2.75) is 6.16 Å². The molecule has 1 aromatic carbocycles. The van der Waals surface area contributed by atoms with E-state index in [1.54, 1.807) is 18.2 Å². The summed E-state index contributed by atoms with van der Waals surface area (Å²) in [6.07, 6.45) is 0.159. The van der Waals surface area contributed by atoms with Gasteiger partial charge in [0.15, 0.2) is 0 Å². The topological polar surface area (TPSA) is 79.8 Å². The van der Waals surface area contributed by atoms with Crippen LogP contribution >= 0.6 is 7.60 Å². The Morgan fingerprint density at radius 3 is 2.05 bits per heavy atom. The van der Waals surface area contributed by atoms with Crippen LogP contribution in [0, 0.1) is 0 Å². The average molecular weight is 312 g/mol. The second-order valence-electron chi connectivity index (χ2n) is 4.20. The molecule has 1 heterocycles. The molecule has 2 aromatic rings. The van der Waals surface area contributed by atoms with Crippen LogP contribution in [0.5, 0.6) is 11.8 Å². The summed E-state index contributed by atoms with van der Waals surface area (Å²) in [5, 5.41) is 0. The quantitative estimate of drug-likeness (QED) is 0.758. The van der Waals surface area contributed by atoms with Crippen molar-refractivity contribution in [3.05, 3.63) is 23.8 Å². The summed E-state index contributed by atoms with van der Waals surface area (Å²) in [5.74, 6) is 0.612. The number of hydrogen-bond acceptors (Lipinski definition) is 7. The summed E-state index contributed by atoms with van der Waals surface area (Å²) in [4.78, 5) is 8.63. The lowest BCUT2D eigenvalue weighted by Crippen LogP contribution is -1.98. The average Bonchev–Trinajstić information content (AvgIpc) is 2.53. The molecular formula is C13H17N2O5P. The lowest BCUT2D eigenvalue weighted by molar-refractivity contribution is 0.275. The molecule has 0 saturated heterocycles. The van der Waals surface area contributed by atoms with E-state index in [1.165, 1.54) is 28.4 Å². The van der Waals surface area contributed by atoms with Gasteiger partial charge in [-0.2, -0.15) is 0 Å². The van der Waals surface area contributed by atoms with Crippen molar-refractivity contribution in [3.8, 4) is 11.8 Å². The maximum Gasteiger partial charge on any atom is 0.334 e. The van der Waals surface area contributed by atoms with Gasteiger partial charge >= 0.3 is 7.60 Å². The van der Waals surface area contributed by atoms with Crippen LogP contribution in [0.15, 0.2) is 18.2 Å². The Labute approximate surface area is 122 Å². The minimum absolute atomic E-state index is 0.159. The first-order chi connectivity index (χ1) is 10.0. The van der Waals surface area contributed by atoms with Crippen molar-refractivity contribution >= 4 is 18.6 Å². The van der Waals surface area contributed by atoms with E-state index in [2.05, 4.69) is 9.97 Å². The van der Waals surface area contributed by atoms with Crippen molar-refractivity contribution in [2.24, 2.45) is 0 Å². The lowest BCUT2D eigenvalue weighted by atomic mass is 10.2. The van der Waals surface area contributed by atoms with Crippen molar-refractivity contribution in [2.75, 3.05) is 28.4 Å². The Morgan fingerprint density at radius 2 is 1.52 bits per heavy atom. The Hall–Kier alpha value is -1.69. The van der Waals surface area contributed by atoms with E-state index in [0.717, 1.165) is 5.56 Å². The zero-order valence-electron chi connectivity index (χ0n) is 12.3. The fraction of sp³-hybridized carbons (Fsp3) is 0.385. The van der Waals surface area contributed by atoms with Gasteiger partial charge in [-0.1, -0.05) is 6.07 Å². The highest BCUT2D eigenvalue weighted by atomic mass is 31.2. The highest BCUT2D eigenvalue weighted by Gasteiger charge is 2.22. The molecule has 7 nitrogen and oxygen atoms in total. The molecule has 1 aromatic heterocycles. The van der Waals surface area contributed by atoms with Crippen molar-refractivity contribution < 1.29 is 23.1 Å². The van der Waals surface area contributed by atoms with Crippen molar-refractivity contribution in [1.29, 1.82) is 0 Å². The molecule has 0 aliphatic rings. The first-order valence-electron chi connectivity index (χ1n) is 6.14. The van der Waals surface area contributed by atoms with Crippen molar-refractivity contribution in [1.82, 2.24) is 9.97 Å². The predicted molar refractivity (Wildman–Crippen MR) is 78.0 cm³/mol. The highest BCUT2D eigenvalue weighted by Crippen LogP contribution is 2.49. The Bertz CT molecular complexity index is 684. The van der Waals surface area contributed by atoms with E-state index in [9.17, 15) is 4.57 Å². The summed E-state index contributed by atoms with van der Waals surface area (Å²) < 4.78 is 32.3. The minimum atomic E-state index is -3.12. The molecule has 0 amide bonds.